The Morgan fingerprint density at radius 3 is 2.64 bits per heavy atom. The normalized spacial score (nSPS) is 9.71. The van der Waals surface area contributed by atoms with Gasteiger partial charge in [-0.25, -0.2) is 0 Å². The Labute approximate surface area is 90.3 Å². The lowest BCUT2D eigenvalue weighted by Gasteiger charge is -1.91. The lowest BCUT2D eigenvalue weighted by atomic mass is 10.2. The van der Waals surface area contributed by atoms with Gasteiger partial charge in [0, 0.05) is 19.3 Å². The maximum absolute atomic E-state index is 5.57. The van der Waals surface area contributed by atoms with Crippen LogP contribution in [0.15, 0.2) is 0 Å². The fraction of sp³-hybridized carbons (Fsp3) is 0.545. The second-order valence-electron chi connectivity index (χ2n) is 3.26. The van der Waals surface area contributed by atoms with Crippen molar-refractivity contribution in [1.29, 1.82) is 0 Å². The molecule has 0 amide bonds. The minimum atomic E-state index is 0.680. The quantitative estimate of drug-likeness (QED) is 0.417. The van der Waals surface area contributed by atoms with Crippen LogP contribution in [0.2, 0.25) is 0 Å². The number of aromatic nitrogens is 2. The highest BCUT2D eigenvalue weighted by atomic mass is 35.5. The van der Waals surface area contributed by atoms with Crippen molar-refractivity contribution in [1.82, 2.24) is 9.78 Å². The van der Waals surface area contributed by atoms with E-state index in [0.717, 1.165) is 29.8 Å². The summed E-state index contributed by atoms with van der Waals surface area (Å²) in [5, 5.41) is 4.30. The Hall–Kier alpha value is -0.940. The van der Waals surface area contributed by atoms with Gasteiger partial charge in [0.05, 0.1) is 17.0 Å². The second-order valence-corrected chi connectivity index (χ2v) is 3.64. The summed E-state index contributed by atoms with van der Waals surface area (Å²) in [4.78, 5) is 0. The average molecular weight is 211 g/mol. The Bertz CT molecular complexity index is 369. The van der Waals surface area contributed by atoms with Crippen LogP contribution in [0.5, 0.6) is 0 Å². The number of nitrogens with zero attached hydrogens (tertiary/aromatic N) is 2. The highest BCUT2D eigenvalue weighted by molar-refractivity contribution is 6.17. The summed E-state index contributed by atoms with van der Waals surface area (Å²) >= 11 is 5.57. The fourth-order valence-electron chi connectivity index (χ4n) is 1.26. The molecule has 0 aliphatic rings. The molecule has 0 saturated heterocycles. The van der Waals surface area contributed by atoms with Gasteiger partial charge in [-0.3, -0.25) is 4.68 Å². The number of rotatable bonds is 2. The molecule has 76 valence electrons. The Kier molecular flexibility index (Phi) is 4.03. The molecule has 0 aliphatic heterocycles. The first kappa shape index (κ1) is 11.1. The summed E-state index contributed by atoms with van der Waals surface area (Å²) in [6, 6.07) is 0. The SMILES string of the molecule is Cc1nn(C)c(C)c1C#CCCCCl. The summed E-state index contributed by atoms with van der Waals surface area (Å²) in [6.45, 7) is 4.02. The van der Waals surface area contributed by atoms with E-state index < -0.39 is 0 Å². The Balaban J connectivity index is 2.78. The third kappa shape index (κ3) is 2.52. The Morgan fingerprint density at radius 2 is 2.14 bits per heavy atom. The smallest absolute Gasteiger partial charge is 0.0752 e. The topological polar surface area (TPSA) is 17.8 Å². The highest BCUT2D eigenvalue weighted by Gasteiger charge is 2.05. The van der Waals surface area contributed by atoms with Crippen molar-refractivity contribution >= 4 is 11.6 Å². The second kappa shape index (κ2) is 5.07. The van der Waals surface area contributed by atoms with E-state index in [9.17, 15) is 0 Å². The lowest BCUT2D eigenvalue weighted by molar-refractivity contribution is 0.731. The molecule has 1 rings (SSSR count). The first-order valence-corrected chi connectivity index (χ1v) is 5.25. The molecule has 0 aliphatic carbocycles. The van der Waals surface area contributed by atoms with Gasteiger partial charge in [-0.15, -0.1) is 11.6 Å². The number of hydrogen-bond donors (Lipinski definition) is 0. The van der Waals surface area contributed by atoms with Crippen LogP contribution in [0.25, 0.3) is 0 Å². The largest absolute Gasteiger partial charge is 0.271 e. The van der Waals surface area contributed by atoms with Crippen LogP contribution < -0.4 is 0 Å². The maximum Gasteiger partial charge on any atom is 0.0752 e. The molecule has 0 N–H and O–H groups in total. The minimum Gasteiger partial charge on any atom is -0.271 e. The monoisotopic (exact) mass is 210 g/mol. The summed E-state index contributed by atoms with van der Waals surface area (Å²) in [5.74, 6) is 6.93. The van der Waals surface area contributed by atoms with Gasteiger partial charge in [0.1, 0.15) is 0 Å². The predicted molar refractivity (Wildman–Crippen MR) is 59.5 cm³/mol. The van der Waals surface area contributed by atoms with Crippen molar-refractivity contribution in [2.45, 2.75) is 26.7 Å². The number of alkyl halides is 1. The molecule has 0 unspecified atom stereocenters. The summed E-state index contributed by atoms with van der Waals surface area (Å²) in [5.41, 5.74) is 3.19. The number of aryl methyl sites for hydroxylation is 2. The lowest BCUT2D eigenvalue weighted by Crippen LogP contribution is -1.92. The van der Waals surface area contributed by atoms with Gasteiger partial charge in [0.2, 0.25) is 0 Å². The van der Waals surface area contributed by atoms with E-state index >= 15 is 0 Å². The molecule has 0 saturated carbocycles. The van der Waals surface area contributed by atoms with Gasteiger partial charge in [-0.2, -0.15) is 5.10 Å². The van der Waals surface area contributed by atoms with Crippen LogP contribution in [0.4, 0.5) is 0 Å². The first-order valence-electron chi connectivity index (χ1n) is 4.72. The summed E-state index contributed by atoms with van der Waals surface area (Å²) in [6.07, 6.45) is 1.81. The van der Waals surface area contributed by atoms with Gasteiger partial charge in [0.25, 0.3) is 0 Å². The fourth-order valence-corrected chi connectivity index (χ4v) is 1.39. The van der Waals surface area contributed by atoms with Crippen molar-refractivity contribution in [3.05, 3.63) is 17.0 Å². The zero-order valence-electron chi connectivity index (χ0n) is 8.89. The minimum absolute atomic E-state index is 0.680. The molecule has 3 heteroatoms. The van der Waals surface area contributed by atoms with Gasteiger partial charge >= 0.3 is 0 Å². The molecule has 0 aromatic carbocycles. The molecule has 2 nitrogen and oxygen atoms in total. The van der Waals surface area contributed by atoms with Gasteiger partial charge in [0.15, 0.2) is 0 Å². The number of halogens is 1. The molecule has 1 aromatic rings. The summed E-state index contributed by atoms with van der Waals surface area (Å²) < 4.78 is 1.86. The van der Waals surface area contributed by atoms with Crippen LogP contribution in [-0.4, -0.2) is 15.7 Å². The molecule has 0 fully saturated rings. The van der Waals surface area contributed by atoms with Crippen molar-refractivity contribution in [2.24, 2.45) is 7.05 Å². The van der Waals surface area contributed by atoms with E-state index in [1.807, 2.05) is 25.6 Å². The van der Waals surface area contributed by atoms with E-state index in [4.69, 9.17) is 11.6 Å². The molecule has 0 spiro atoms. The highest BCUT2D eigenvalue weighted by Crippen LogP contribution is 2.09. The van der Waals surface area contributed by atoms with Crippen LogP contribution in [0.1, 0.15) is 29.8 Å². The van der Waals surface area contributed by atoms with Crippen molar-refractivity contribution in [2.75, 3.05) is 5.88 Å². The van der Waals surface area contributed by atoms with Crippen LogP contribution in [-0.2, 0) is 7.05 Å². The van der Waals surface area contributed by atoms with Gasteiger partial charge in [-0.1, -0.05) is 11.8 Å². The van der Waals surface area contributed by atoms with E-state index in [1.165, 1.54) is 0 Å². The number of hydrogen-bond acceptors (Lipinski definition) is 1. The molecule has 0 radical (unpaired) electrons. The molecule has 14 heavy (non-hydrogen) atoms. The Morgan fingerprint density at radius 1 is 1.43 bits per heavy atom. The molecule has 1 aromatic heterocycles. The van der Waals surface area contributed by atoms with Crippen LogP contribution in [0, 0.1) is 25.7 Å². The van der Waals surface area contributed by atoms with Crippen molar-refractivity contribution < 1.29 is 0 Å². The van der Waals surface area contributed by atoms with Crippen molar-refractivity contribution in [3.8, 4) is 11.8 Å². The third-order valence-electron chi connectivity index (χ3n) is 2.16. The predicted octanol–water partition coefficient (Wildman–Crippen LogP) is 2.41. The zero-order valence-corrected chi connectivity index (χ0v) is 9.65. The summed E-state index contributed by atoms with van der Waals surface area (Å²) in [7, 11) is 1.94. The average Bonchev–Trinajstić information content (AvgIpc) is 2.38. The van der Waals surface area contributed by atoms with Gasteiger partial charge < -0.3 is 0 Å². The van der Waals surface area contributed by atoms with Crippen molar-refractivity contribution in [3.63, 3.8) is 0 Å². The third-order valence-corrected chi connectivity index (χ3v) is 2.43. The van der Waals surface area contributed by atoms with E-state index in [0.29, 0.717) is 5.88 Å². The zero-order chi connectivity index (χ0) is 10.6. The molecular formula is C11H15ClN2. The van der Waals surface area contributed by atoms with E-state index in [-0.39, 0.29) is 0 Å². The van der Waals surface area contributed by atoms with Crippen LogP contribution in [0.3, 0.4) is 0 Å². The molecule has 0 bridgehead atoms. The number of unbranched alkanes of at least 4 members (excludes halogenated alkanes) is 1. The van der Waals surface area contributed by atoms with Crippen LogP contribution >= 0.6 is 11.6 Å². The molecule has 1 heterocycles. The van der Waals surface area contributed by atoms with Gasteiger partial charge in [-0.05, 0) is 20.3 Å². The first-order chi connectivity index (χ1) is 6.66. The van der Waals surface area contributed by atoms with E-state index in [1.54, 1.807) is 0 Å². The maximum atomic E-state index is 5.57. The van der Waals surface area contributed by atoms with E-state index in [2.05, 4.69) is 16.9 Å². The standard InChI is InChI=1S/C11H15ClN2/c1-9-11(7-5-4-6-8-12)10(2)14(3)13-9/h4,6,8H2,1-3H3. The molecular weight excluding hydrogens is 196 g/mol. The molecule has 0 atom stereocenters.